The first kappa shape index (κ1) is 12.9. The summed E-state index contributed by atoms with van der Waals surface area (Å²) in [7, 11) is 0. The molecule has 4 nitrogen and oxygen atoms in total. The minimum Gasteiger partial charge on any atom is -0.550 e. The summed E-state index contributed by atoms with van der Waals surface area (Å²) in [5.41, 5.74) is 0.834. The molecule has 0 atom stereocenters. The van der Waals surface area contributed by atoms with E-state index in [0.717, 1.165) is 16.9 Å². The van der Waals surface area contributed by atoms with Crippen LogP contribution in [-0.4, -0.2) is 16.1 Å². The third kappa shape index (κ3) is 2.90. The van der Waals surface area contributed by atoms with Gasteiger partial charge in [0.15, 0.2) is 0 Å². The number of aliphatic carboxylic acids is 1. The Morgan fingerprint density at radius 3 is 2.69 bits per heavy atom. The van der Waals surface area contributed by atoms with E-state index >= 15 is 0 Å². The minimum atomic E-state index is -1.08. The zero-order valence-corrected chi connectivity index (χ0v) is 10.6. The summed E-state index contributed by atoms with van der Waals surface area (Å²) in [5.74, 6) is -0.906. The number of halogens is 2. The Labute approximate surface area is 105 Å². The Bertz CT molecular complexity index is 520. The smallest absolute Gasteiger partial charge is 0.142 e. The van der Waals surface area contributed by atoms with E-state index < -0.39 is 5.97 Å². The molecule has 2 aromatic rings. The van der Waals surface area contributed by atoms with Gasteiger partial charge in [0.25, 0.3) is 0 Å². The second kappa shape index (κ2) is 5.23. The van der Waals surface area contributed by atoms with Gasteiger partial charge in [-0.1, -0.05) is 11.6 Å². The van der Waals surface area contributed by atoms with Gasteiger partial charge in [-0.2, -0.15) is 0 Å². The second-order valence-electron chi connectivity index (χ2n) is 2.95. The molecule has 0 spiro atoms. The van der Waals surface area contributed by atoms with Crippen molar-refractivity contribution in [3.63, 3.8) is 0 Å². The van der Waals surface area contributed by atoms with Crippen LogP contribution < -0.4 is 5.11 Å². The number of fused-ring (bicyclic) bond motifs is 1. The van der Waals surface area contributed by atoms with E-state index in [9.17, 15) is 5.11 Å². The molecule has 0 aliphatic rings. The largest absolute Gasteiger partial charge is 0.550 e. The van der Waals surface area contributed by atoms with Gasteiger partial charge in [-0.25, -0.2) is 0 Å². The molecule has 0 saturated carbocycles. The van der Waals surface area contributed by atoms with E-state index in [1.165, 1.54) is 6.20 Å². The number of aromatic amines is 1. The summed E-state index contributed by atoms with van der Waals surface area (Å²) in [5, 5.41) is 19.5. The van der Waals surface area contributed by atoms with Crippen molar-refractivity contribution in [3.05, 3.63) is 27.8 Å². The maximum absolute atomic E-state index is 9.38. The lowest BCUT2D eigenvalue weighted by molar-refractivity contribution is -0.302. The van der Waals surface area contributed by atoms with Gasteiger partial charge in [0, 0.05) is 16.6 Å². The quantitative estimate of drug-likeness (QED) is 0.782. The number of hydrogen-bond donors (Lipinski definition) is 2. The monoisotopic (exact) mass is 304 g/mol. The molecular formula is C10H8BrClNO3-. The van der Waals surface area contributed by atoms with E-state index in [2.05, 4.69) is 20.9 Å². The van der Waals surface area contributed by atoms with Gasteiger partial charge in [-0.3, -0.25) is 0 Å². The fourth-order valence-electron chi connectivity index (χ4n) is 1.14. The number of aromatic nitrogens is 1. The number of carbonyl (C=O) groups is 1. The molecule has 0 saturated heterocycles. The molecule has 2 rings (SSSR count). The van der Waals surface area contributed by atoms with Crippen molar-refractivity contribution < 1.29 is 15.0 Å². The van der Waals surface area contributed by atoms with Crippen LogP contribution in [0.15, 0.2) is 22.8 Å². The number of H-pyrrole nitrogens is 1. The average Bonchev–Trinajstić information content (AvgIpc) is 2.54. The molecule has 1 heterocycles. The topological polar surface area (TPSA) is 76.2 Å². The summed E-state index contributed by atoms with van der Waals surface area (Å²) >= 11 is 9.22. The third-order valence-corrected chi connectivity index (χ3v) is 3.00. The number of rotatable bonds is 0. The van der Waals surface area contributed by atoms with Crippen molar-refractivity contribution in [2.24, 2.45) is 0 Å². The first-order chi connectivity index (χ1) is 7.43. The molecule has 86 valence electrons. The highest BCUT2D eigenvalue weighted by Crippen LogP contribution is 2.35. The van der Waals surface area contributed by atoms with Gasteiger partial charge >= 0.3 is 0 Å². The van der Waals surface area contributed by atoms with Crippen molar-refractivity contribution in [2.45, 2.75) is 6.92 Å². The molecular weight excluding hydrogens is 297 g/mol. The first-order valence-corrected chi connectivity index (χ1v) is 5.42. The molecule has 0 aliphatic heterocycles. The van der Waals surface area contributed by atoms with Gasteiger partial charge in [0.1, 0.15) is 5.75 Å². The van der Waals surface area contributed by atoms with Crippen molar-refractivity contribution in [2.75, 3.05) is 0 Å². The van der Waals surface area contributed by atoms with Crippen LogP contribution in [0.3, 0.4) is 0 Å². The standard InChI is InChI=1S/C8H5BrClNO.C2H4O2/c9-4-1-2-5-7(8(4)10)6(12)3-11-5;1-2(3)4/h1-3,11-12H;1H3,(H,3,4)/p-1. The number of carboxylic acids is 1. The van der Waals surface area contributed by atoms with E-state index in [0.29, 0.717) is 10.4 Å². The SMILES string of the molecule is CC(=O)[O-].Oc1c[nH]c2ccc(Br)c(Cl)c12. The number of aromatic hydroxyl groups is 1. The van der Waals surface area contributed by atoms with Gasteiger partial charge in [-0.05, 0) is 35.0 Å². The van der Waals surface area contributed by atoms with Crippen molar-refractivity contribution in [3.8, 4) is 5.75 Å². The fourth-order valence-corrected chi connectivity index (χ4v) is 1.73. The van der Waals surface area contributed by atoms with Gasteiger partial charge in [0.2, 0.25) is 0 Å². The lowest BCUT2D eigenvalue weighted by Crippen LogP contribution is -2.16. The summed E-state index contributed by atoms with van der Waals surface area (Å²) in [6.07, 6.45) is 1.52. The number of nitrogens with one attached hydrogen (secondary N) is 1. The summed E-state index contributed by atoms with van der Waals surface area (Å²) in [6.45, 7) is 0.972. The fraction of sp³-hybridized carbons (Fsp3) is 0.100. The third-order valence-electron chi connectivity index (χ3n) is 1.72. The molecule has 0 aliphatic carbocycles. The number of carboxylic acid groups (broad SMARTS) is 1. The van der Waals surface area contributed by atoms with Gasteiger partial charge in [0.05, 0.1) is 15.9 Å². The molecule has 16 heavy (non-hydrogen) atoms. The summed E-state index contributed by atoms with van der Waals surface area (Å²) in [6, 6.07) is 3.69. The molecule has 1 aromatic heterocycles. The van der Waals surface area contributed by atoms with Gasteiger partial charge in [-0.15, -0.1) is 0 Å². The maximum atomic E-state index is 9.38. The van der Waals surface area contributed by atoms with Crippen LogP contribution in [0.1, 0.15) is 6.92 Å². The molecule has 0 bridgehead atoms. The average molecular weight is 306 g/mol. The van der Waals surface area contributed by atoms with E-state index in [1.807, 2.05) is 12.1 Å². The normalized spacial score (nSPS) is 9.69. The van der Waals surface area contributed by atoms with Crippen molar-refractivity contribution in [1.82, 2.24) is 4.98 Å². The number of hydrogen-bond acceptors (Lipinski definition) is 3. The number of carbonyl (C=O) groups excluding carboxylic acids is 1. The molecule has 0 amide bonds. The molecule has 1 aromatic carbocycles. The Balaban J connectivity index is 0.000000280. The molecule has 2 N–H and O–H groups in total. The van der Waals surface area contributed by atoms with Crippen LogP contribution in [0.4, 0.5) is 0 Å². The highest BCUT2D eigenvalue weighted by Gasteiger charge is 2.08. The van der Waals surface area contributed by atoms with Crippen molar-refractivity contribution >= 4 is 44.4 Å². The Morgan fingerprint density at radius 2 is 2.12 bits per heavy atom. The van der Waals surface area contributed by atoms with Crippen LogP contribution in [0.25, 0.3) is 10.9 Å². The molecule has 0 fully saturated rings. The van der Waals surface area contributed by atoms with Crippen LogP contribution in [0.2, 0.25) is 5.02 Å². The lowest BCUT2D eigenvalue weighted by atomic mass is 10.2. The Kier molecular flexibility index (Phi) is 4.20. The minimum absolute atomic E-state index is 0.177. The molecule has 0 radical (unpaired) electrons. The van der Waals surface area contributed by atoms with Crippen molar-refractivity contribution in [1.29, 1.82) is 0 Å². The Morgan fingerprint density at radius 1 is 1.56 bits per heavy atom. The Hall–Kier alpha value is -1.20. The van der Waals surface area contributed by atoms with Crippen LogP contribution in [0.5, 0.6) is 5.75 Å². The maximum Gasteiger partial charge on any atom is 0.142 e. The molecule has 0 unspecified atom stereocenters. The van der Waals surface area contributed by atoms with Crippen LogP contribution in [-0.2, 0) is 4.79 Å². The zero-order valence-electron chi connectivity index (χ0n) is 8.25. The predicted octanol–water partition coefficient (Wildman–Crippen LogP) is 2.05. The molecule has 6 heteroatoms. The summed E-state index contributed by atoms with van der Waals surface area (Å²) in [4.78, 5) is 11.8. The van der Waals surface area contributed by atoms with E-state index in [4.69, 9.17) is 21.5 Å². The first-order valence-electron chi connectivity index (χ1n) is 4.25. The highest BCUT2D eigenvalue weighted by atomic mass is 79.9. The predicted molar refractivity (Wildman–Crippen MR) is 63.4 cm³/mol. The summed E-state index contributed by atoms with van der Waals surface area (Å²) < 4.78 is 0.784. The number of benzene rings is 1. The van der Waals surface area contributed by atoms with E-state index in [1.54, 1.807) is 0 Å². The van der Waals surface area contributed by atoms with Crippen LogP contribution in [0, 0.1) is 0 Å². The highest BCUT2D eigenvalue weighted by molar-refractivity contribution is 9.10. The van der Waals surface area contributed by atoms with Gasteiger partial charge < -0.3 is 20.0 Å². The lowest BCUT2D eigenvalue weighted by Gasteiger charge is -1.97. The zero-order chi connectivity index (χ0) is 12.3. The van der Waals surface area contributed by atoms with E-state index in [-0.39, 0.29) is 5.75 Å². The van der Waals surface area contributed by atoms with Crippen LogP contribution >= 0.6 is 27.5 Å². The second-order valence-corrected chi connectivity index (χ2v) is 4.18.